The van der Waals surface area contributed by atoms with Crippen LogP contribution in [0.25, 0.3) is 11.3 Å². The van der Waals surface area contributed by atoms with Gasteiger partial charge in [-0.2, -0.15) is 0 Å². The second-order valence-electron chi connectivity index (χ2n) is 11.3. The minimum atomic E-state index is -0.827. The largest absolute Gasteiger partial charge is 0.497 e. The van der Waals surface area contributed by atoms with E-state index in [4.69, 9.17) is 20.8 Å². The molecule has 51 heavy (non-hydrogen) atoms. The van der Waals surface area contributed by atoms with Crippen molar-refractivity contribution in [1.29, 1.82) is 0 Å². The maximum atomic E-state index is 13.8. The average Bonchev–Trinajstić information content (AvgIpc) is 3.27. The second-order valence-corrected chi connectivity index (χ2v) is 13.8. The zero-order chi connectivity index (χ0) is 37.7. The van der Waals surface area contributed by atoms with Crippen LogP contribution in [0.3, 0.4) is 0 Å². The summed E-state index contributed by atoms with van der Waals surface area (Å²) in [6.07, 6.45) is 0. The van der Waals surface area contributed by atoms with Crippen LogP contribution in [0.4, 0.5) is 28.9 Å². The Bertz CT molecular complexity index is 1910. The number of nitrogen functional groups attached to an aromatic ring is 2. The monoisotopic (exact) mass is 906 g/mol. The van der Waals surface area contributed by atoms with Crippen LogP contribution in [0.5, 0.6) is 0 Å². The van der Waals surface area contributed by atoms with Gasteiger partial charge in [0.1, 0.15) is 27.9 Å². The lowest BCUT2D eigenvalue weighted by Crippen LogP contribution is -2.41. The number of carbonyl (C=O) groups is 2. The third-order valence-electron chi connectivity index (χ3n) is 7.41. The summed E-state index contributed by atoms with van der Waals surface area (Å²) in [6, 6.07) is 10.2. The molecule has 274 valence electrons. The fourth-order valence-electron chi connectivity index (χ4n) is 3.99. The van der Waals surface area contributed by atoms with Gasteiger partial charge in [0.05, 0.1) is 51.4 Å². The molecule has 0 radical (unpaired) electrons. The lowest BCUT2D eigenvalue weighted by molar-refractivity contribution is 0.00578. The molecule has 1 fully saturated rings. The van der Waals surface area contributed by atoms with Crippen molar-refractivity contribution in [2.24, 2.45) is 0 Å². The highest BCUT2D eigenvalue weighted by atomic mass is 79.9. The molecule has 2 aromatic carbocycles. The molecule has 0 amide bonds. The number of hydrogen-bond acceptors (Lipinski definition) is 10. The lowest BCUT2D eigenvalue weighted by atomic mass is 9.78. The van der Waals surface area contributed by atoms with Crippen molar-refractivity contribution < 1.29 is 45.9 Å². The Kier molecular flexibility index (Phi) is 15.2. The van der Waals surface area contributed by atoms with Crippen molar-refractivity contribution in [3.8, 4) is 11.3 Å². The van der Waals surface area contributed by atoms with E-state index in [0.29, 0.717) is 10.3 Å². The van der Waals surface area contributed by atoms with Gasteiger partial charge >= 0.3 is 19.1 Å². The van der Waals surface area contributed by atoms with Gasteiger partial charge in [0.25, 0.3) is 0 Å². The number of methoxy groups -OCH3 is 2. The first-order valence-electron chi connectivity index (χ1n) is 14.2. The van der Waals surface area contributed by atoms with E-state index in [0.717, 1.165) is 12.1 Å². The zero-order valence-corrected chi connectivity index (χ0v) is 32.1. The molecule has 1 aliphatic rings. The minimum absolute atomic E-state index is 0. The van der Waals surface area contributed by atoms with Gasteiger partial charge in [-0.3, -0.25) is 0 Å². The van der Waals surface area contributed by atoms with Gasteiger partial charge in [-0.25, -0.2) is 37.1 Å². The number of anilines is 2. The highest BCUT2D eigenvalue weighted by Gasteiger charge is 2.52. The number of aromatic nitrogens is 2. The molecule has 2 aromatic heterocycles. The normalized spacial score (nSPS) is 13.9. The molecule has 0 unspecified atom stereocenters. The topological polar surface area (TPSA) is 149 Å². The molecule has 1 saturated heterocycles. The second kappa shape index (κ2) is 17.8. The molecule has 10 nitrogen and oxygen atoms in total. The Labute approximate surface area is 318 Å². The fraction of sp³-hybridized carbons (Fsp3) is 0.273. The summed E-state index contributed by atoms with van der Waals surface area (Å²) in [7, 11) is 1.64. The number of esters is 2. The SMILES string of the molecule is C.CC1(C)OB(c2cc(Br)c(F)cc2F)OC1(C)C.COC(=O)c1nc(-c2cc(Br)c(F)cc2F)ccc1N.COC(=O)c1nc(Br)ccc1N. The summed E-state index contributed by atoms with van der Waals surface area (Å²) in [5, 5.41) is 0. The Morgan fingerprint density at radius 3 is 1.67 bits per heavy atom. The number of rotatable bonds is 4. The number of benzene rings is 2. The fourth-order valence-corrected chi connectivity index (χ4v) is 5.01. The molecule has 0 saturated carbocycles. The third-order valence-corrected chi connectivity index (χ3v) is 9.07. The quantitative estimate of drug-likeness (QED) is 0.0678. The Balaban J connectivity index is 0.000000271. The predicted molar refractivity (Wildman–Crippen MR) is 197 cm³/mol. The van der Waals surface area contributed by atoms with Crippen LogP contribution in [-0.2, 0) is 18.8 Å². The first-order chi connectivity index (χ1) is 23.2. The molecule has 3 heterocycles. The van der Waals surface area contributed by atoms with Gasteiger partial charge < -0.3 is 30.2 Å². The Morgan fingerprint density at radius 1 is 0.706 bits per heavy atom. The lowest BCUT2D eigenvalue weighted by Gasteiger charge is -2.32. The van der Waals surface area contributed by atoms with Crippen LogP contribution >= 0.6 is 47.8 Å². The van der Waals surface area contributed by atoms with Crippen molar-refractivity contribution in [1.82, 2.24) is 9.97 Å². The van der Waals surface area contributed by atoms with Gasteiger partial charge in [0, 0.05) is 23.2 Å². The molecular weight excluding hydrogens is 875 g/mol. The molecule has 18 heteroatoms. The smallest absolute Gasteiger partial charge is 0.464 e. The van der Waals surface area contributed by atoms with Crippen LogP contribution in [0.2, 0.25) is 0 Å². The highest BCUT2D eigenvalue weighted by Crippen LogP contribution is 2.37. The summed E-state index contributed by atoms with van der Waals surface area (Å²) in [4.78, 5) is 30.3. The first kappa shape index (κ1) is 43.6. The maximum Gasteiger partial charge on any atom is 0.497 e. The maximum absolute atomic E-state index is 13.8. The molecule has 1 aliphatic heterocycles. The highest BCUT2D eigenvalue weighted by molar-refractivity contribution is 9.11. The van der Waals surface area contributed by atoms with Gasteiger partial charge in [-0.1, -0.05) is 7.43 Å². The molecular formula is C33H34BBr3F4N4O6. The van der Waals surface area contributed by atoms with Crippen LogP contribution in [0, 0.1) is 23.3 Å². The third kappa shape index (κ3) is 10.5. The number of ether oxygens (including phenoxy) is 2. The summed E-state index contributed by atoms with van der Waals surface area (Å²) >= 11 is 9.12. The van der Waals surface area contributed by atoms with Crippen molar-refractivity contribution >= 4 is 83.7 Å². The van der Waals surface area contributed by atoms with Crippen molar-refractivity contribution in [2.75, 3.05) is 25.7 Å². The molecule has 0 atom stereocenters. The van der Waals surface area contributed by atoms with E-state index in [2.05, 4.69) is 67.2 Å². The Morgan fingerprint density at radius 2 is 1.16 bits per heavy atom. The van der Waals surface area contributed by atoms with Crippen molar-refractivity contribution in [3.05, 3.63) is 96.7 Å². The number of nitrogens with zero attached hydrogens (tertiary/aromatic N) is 2. The number of carbonyl (C=O) groups excluding carboxylic acids is 2. The number of nitrogens with two attached hydrogens (primary N) is 2. The van der Waals surface area contributed by atoms with E-state index in [9.17, 15) is 27.2 Å². The number of pyridine rings is 2. The van der Waals surface area contributed by atoms with Crippen LogP contribution in [0.1, 0.15) is 56.1 Å². The average molecular weight is 909 g/mol. The molecule has 4 aromatic rings. The summed E-state index contributed by atoms with van der Waals surface area (Å²) in [5.74, 6) is -4.10. The van der Waals surface area contributed by atoms with Gasteiger partial charge in [0.15, 0.2) is 11.4 Å². The molecule has 0 aliphatic carbocycles. The van der Waals surface area contributed by atoms with Crippen LogP contribution < -0.4 is 16.9 Å². The summed E-state index contributed by atoms with van der Waals surface area (Å²) < 4.78 is 75.2. The number of halogens is 7. The Hall–Kier alpha value is -3.58. The summed E-state index contributed by atoms with van der Waals surface area (Å²) in [6.45, 7) is 7.51. The van der Waals surface area contributed by atoms with E-state index in [1.54, 1.807) is 12.1 Å². The van der Waals surface area contributed by atoms with Crippen molar-refractivity contribution in [3.63, 3.8) is 0 Å². The standard InChI is InChI=1S/C13H9BrF2N2O2.C12H14BBrF2O2.C7H7BrN2O2.CH4/c1-20-13(19)12-10(17)2-3-11(18-12)6-4-7(14)9(16)5-8(6)15;1-11(2)12(3,4)18-13(17-11)7-5-8(14)10(16)6-9(7)15;1-12-7(11)6-4(9)2-3-5(8)10-6;/h2-5H,17H2,1H3;5-6H,1-4H3;2-3H,9H2,1H3;1H4. The van der Waals surface area contributed by atoms with Gasteiger partial charge in [0.2, 0.25) is 0 Å². The molecule has 0 bridgehead atoms. The van der Waals surface area contributed by atoms with Crippen molar-refractivity contribution in [2.45, 2.75) is 46.3 Å². The number of hydrogen-bond donors (Lipinski definition) is 2. The van der Waals surface area contributed by atoms with E-state index >= 15 is 0 Å². The van der Waals surface area contributed by atoms with E-state index in [1.165, 1.54) is 38.5 Å². The van der Waals surface area contributed by atoms with Gasteiger partial charge in [-0.05, 0) is 112 Å². The zero-order valence-electron chi connectivity index (χ0n) is 27.3. The summed E-state index contributed by atoms with van der Waals surface area (Å²) in [5.41, 5.74) is 10.8. The molecule has 5 rings (SSSR count). The predicted octanol–water partition coefficient (Wildman–Crippen LogP) is 8.03. The molecule has 4 N–H and O–H groups in total. The van der Waals surface area contributed by atoms with Crippen LogP contribution in [0.15, 0.2) is 62.1 Å². The molecule has 0 spiro atoms. The van der Waals surface area contributed by atoms with E-state index in [-0.39, 0.29) is 50.2 Å². The van der Waals surface area contributed by atoms with E-state index in [1.807, 2.05) is 27.7 Å². The van der Waals surface area contributed by atoms with Gasteiger partial charge in [-0.15, -0.1) is 0 Å². The van der Waals surface area contributed by atoms with Crippen LogP contribution in [-0.4, -0.2) is 54.4 Å². The first-order valence-corrected chi connectivity index (χ1v) is 16.6. The van der Waals surface area contributed by atoms with E-state index < -0.39 is 53.5 Å². The minimum Gasteiger partial charge on any atom is -0.464 e.